The third-order valence-electron chi connectivity index (χ3n) is 4.48. The summed E-state index contributed by atoms with van der Waals surface area (Å²) in [5.74, 6) is 3.74. The van der Waals surface area contributed by atoms with Gasteiger partial charge in [0.25, 0.3) is 0 Å². The van der Waals surface area contributed by atoms with Gasteiger partial charge in [-0.25, -0.2) is 9.97 Å². The van der Waals surface area contributed by atoms with Gasteiger partial charge >= 0.3 is 0 Å². The van der Waals surface area contributed by atoms with E-state index in [0.717, 1.165) is 49.4 Å². The first kappa shape index (κ1) is 16.1. The highest BCUT2D eigenvalue weighted by atomic mass is 15.1. The molecule has 0 bridgehead atoms. The highest BCUT2D eigenvalue weighted by molar-refractivity contribution is 5.57. The Morgan fingerprint density at radius 2 is 1.71 bits per heavy atom. The van der Waals surface area contributed by atoms with E-state index in [9.17, 15) is 0 Å². The molecule has 2 rings (SSSR count). The third kappa shape index (κ3) is 4.58. The van der Waals surface area contributed by atoms with Gasteiger partial charge in [0.05, 0.1) is 0 Å². The maximum Gasteiger partial charge on any atom is 0.134 e. The molecule has 1 fully saturated rings. The summed E-state index contributed by atoms with van der Waals surface area (Å²) in [4.78, 5) is 8.87. The molecule has 4 heteroatoms. The van der Waals surface area contributed by atoms with Crippen LogP contribution in [0.3, 0.4) is 0 Å². The van der Waals surface area contributed by atoms with Crippen LogP contribution in [0.5, 0.6) is 0 Å². The lowest BCUT2D eigenvalue weighted by molar-refractivity contribution is 0.300. The molecule has 21 heavy (non-hydrogen) atoms. The fraction of sp³-hybridized carbons (Fsp3) is 0.765. The predicted octanol–water partition coefficient (Wildman–Crippen LogP) is 4.10. The van der Waals surface area contributed by atoms with Crippen molar-refractivity contribution in [3.05, 3.63) is 11.9 Å². The molecule has 1 aliphatic carbocycles. The average Bonchev–Trinajstić information content (AvgIpc) is 2.49. The van der Waals surface area contributed by atoms with E-state index in [1.165, 1.54) is 31.2 Å². The van der Waals surface area contributed by atoms with Crippen LogP contribution < -0.4 is 10.6 Å². The first-order valence-corrected chi connectivity index (χ1v) is 8.56. The Balaban J connectivity index is 1.99. The standard InChI is InChI=1S/C17H30N4/c1-4-6-15-16(18-5-2)20-12-21-17(15)19-11-14-9-7-13(3)8-10-14/h12-14H,4-11H2,1-3H3,(H2,18,19,20,21). The monoisotopic (exact) mass is 290 g/mol. The van der Waals surface area contributed by atoms with Crippen molar-refractivity contribution in [3.63, 3.8) is 0 Å². The molecule has 1 aliphatic rings. The molecule has 0 radical (unpaired) electrons. The molecule has 1 saturated carbocycles. The number of anilines is 2. The number of hydrogen-bond donors (Lipinski definition) is 2. The number of nitrogens with zero attached hydrogens (tertiary/aromatic N) is 2. The van der Waals surface area contributed by atoms with Crippen LogP contribution in [0.25, 0.3) is 0 Å². The van der Waals surface area contributed by atoms with Crippen molar-refractivity contribution in [2.45, 2.75) is 59.3 Å². The highest BCUT2D eigenvalue weighted by Crippen LogP contribution is 2.29. The van der Waals surface area contributed by atoms with Crippen molar-refractivity contribution >= 4 is 11.6 Å². The molecule has 0 saturated heterocycles. The van der Waals surface area contributed by atoms with Crippen molar-refractivity contribution in [3.8, 4) is 0 Å². The van der Waals surface area contributed by atoms with Crippen molar-refractivity contribution in [1.29, 1.82) is 0 Å². The second kappa shape index (κ2) is 8.20. The van der Waals surface area contributed by atoms with E-state index < -0.39 is 0 Å². The van der Waals surface area contributed by atoms with Gasteiger partial charge in [0, 0.05) is 18.7 Å². The Hall–Kier alpha value is -1.32. The summed E-state index contributed by atoms with van der Waals surface area (Å²) in [6.07, 6.45) is 9.25. The second-order valence-corrected chi connectivity index (χ2v) is 6.34. The maximum atomic E-state index is 4.48. The number of rotatable bonds is 7. The first-order valence-electron chi connectivity index (χ1n) is 8.56. The van der Waals surface area contributed by atoms with Crippen molar-refractivity contribution in [2.75, 3.05) is 23.7 Å². The molecule has 1 aromatic heterocycles. The van der Waals surface area contributed by atoms with Crippen LogP contribution in [-0.4, -0.2) is 23.1 Å². The quantitative estimate of drug-likeness (QED) is 0.794. The molecule has 2 N–H and O–H groups in total. The topological polar surface area (TPSA) is 49.8 Å². The van der Waals surface area contributed by atoms with E-state index in [0.29, 0.717) is 0 Å². The van der Waals surface area contributed by atoms with E-state index in [1.54, 1.807) is 6.33 Å². The van der Waals surface area contributed by atoms with Gasteiger partial charge in [-0.1, -0.05) is 33.1 Å². The predicted molar refractivity (Wildman–Crippen MR) is 89.8 cm³/mol. The number of nitrogens with one attached hydrogen (secondary N) is 2. The van der Waals surface area contributed by atoms with Crippen LogP contribution in [0.1, 0.15) is 58.4 Å². The third-order valence-corrected chi connectivity index (χ3v) is 4.48. The molecule has 118 valence electrons. The van der Waals surface area contributed by atoms with E-state index in [4.69, 9.17) is 0 Å². The smallest absolute Gasteiger partial charge is 0.134 e. The van der Waals surface area contributed by atoms with Crippen molar-refractivity contribution in [1.82, 2.24) is 9.97 Å². The molecule has 0 aromatic carbocycles. The van der Waals surface area contributed by atoms with Crippen LogP contribution in [0.4, 0.5) is 11.6 Å². The SMILES string of the molecule is CCCc1c(NCC)ncnc1NCC1CCC(C)CC1. The van der Waals surface area contributed by atoms with Crippen LogP contribution in [0.2, 0.25) is 0 Å². The minimum absolute atomic E-state index is 0.799. The van der Waals surface area contributed by atoms with Crippen molar-refractivity contribution < 1.29 is 0 Å². The molecule has 0 aliphatic heterocycles. The van der Waals surface area contributed by atoms with Crippen LogP contribution in [0, 0.1) is 11.8 Å². The van der Waals surface area contributed by atoms with Crippen LogP contribution in [-0.2, 0) is 6.42 Å². The van der Waals surface area contributed by atoms with Gasteiger partial charge in [0.2, 0.25) is 0 Å². The largest absolute Gasteiger partial charge is 0.370 e. The summed E-state index contributed by atoms with van der Waals surface area (Å²) < 4.78 is 0. The first-order chi connectivity index (χ1) is 10.2. The van der Waals surface area contributed by atoms with Gasteiger partial charge in [-0.15, -0.1) is 0 Å². The van der Waals surface area contributed by atoms with Gasteiger partial charge in [0.15, 0.2) is 0 Å². The zero-order valence-electron chi connectivity index (χ0n) is 13.8. The van der Waals surface area contributed by atoms with Gasteiger partial charge in [0.1, 0.15) is 18.0 Å². The summed E-state index contributed by atoms with van der Waals surface area (Å²) in [7, 11) is 0. The highest BCUT2D eigenvalue weighted by Gasteiger charge is 2.19. The van der Waals surface area contributed by atoms with Crippen molar-refractivity contribution in [2.24, 2.45) is 11.8 Å². The Bertz CT molecular complexity index is 425. The average molecular weight is 290 g/mol. The van der Waals surface area contributed by atoms with Gasteiger partial charge in [-0.3, -0.25) is 0 Å². The summed E-state index contributed by atoms with van der Waals surface area (Å²) >= 11 is 0. The maximum absolute atomic E-state index is 4.48. The minimum Gasteiger partial charge on any atom is -0.370 e. The Morgan fingerprint density at radius 3 is 2.33 bits per heavy atom. The second-order valence-electron chi connectivity index (χ2n) is 6.34. The Morgan fingerprint density at radius 1 is 1.05 bits per heavy atom. The van der Waals surface area contributed by atoms with E-state index >= 15 is 0 Å². The van der Waals surface area contributed by atoms with E-state index in [1.807, 2.05) is 0 Å². The number of hydrogen-bond acceptors (Lipinski definition) is 4. The zero-order valence-corrected chi connectivity index (χ0v) is 13.8. The van der Waals surface area contributed by atoms with Gasteiger partial charge in [-0.2, -0.15) is 0 Å². The fourth-order valence-corrected chi connectivity index (χ4v) is 3.15. The van der Waals surface area contributed by atoms with Crippen LogP contribution >= 0.6 is 0 Å². The molecule has 0 atom stereocenters. The molecule has 1 aromatic rings. The molecule has 4 nitrogen and oxygen atoms in total. The lowest BCUT2D eigenvalue weighted by Gasteiger charge is -2.26. The molecule has 0 spiro atoms. The molecular weight excluding hydrogens is 260 g/mol. The lowest BCUT2D eigenvalue weighted by Crippen LogP contribution is -2.21. The molecule has 0 amide bonds. The molecular formula is C17H30N4. The molecule has 0 unspecified atom stereocenters. The molecule has 1 heterocycles. The Kier molecular flexibility index (Phi) is 6.27. The van der Waals surface area contributed by atoms with Gasteiger partial charge in [-0.05, 0) is 38.0 Å². The van der Waals surface area contributed by atoms with E-state index in [-0.39, 0.29) is 0 Å². The lowest BCUT2D eigenvalue weighted by atomic mass is 9.83. The summed E-state index contributed by atoms with van der Waals surface area (Å²) in [6.45, 7) is 8.62. The minimum atomic E-state index is 0.799. The van der Waals surface area contributed by atoms with Gasteiger partial charge < -0.3 is 10.6 Å². The van der Waals surface area contributed by atoms with Crippen LogP contribution in [0.15, 0.2) is 6.33 Å². The number of aromatic nitrogens is 2. The summed E-state index contributed by atoms with van der Waals surface area (Å²) in [6, 6.07) is 0. The summed E-state index contributed by atoms with van der Waals surface area (Å²) in [5.41, 5.74) is 1.24. The zero-order chi connectivity index (χ0) is 15.1. The normalized spacial score (nSPS) is 22.0. The Labute approximate surface area is 129 Å². The summed E-state index contributed by atoms with van der Waals surface area (Å²) in [5, 5.41) is 6.94. The fourth-order valence-electron chi connectivity index (χ4n) is 3.15. The van der Waals surface area contributed by atoms with E-state index in [2.05, 4.69) is 41.4 Å².